The summed E-state index contributed by atoms with van der Waals surface area (Å²) in [6.07, 6.45) is 6.10. The van der Waals surface area contributed by atoms with E-state index < -0.39 is 0 Å². The van der Waals surface area contributed by atoms with Crippen LogP contribution in [-0.4, -0.2) is 17.7 Å². The van der Waals surface area contributed by atoms with Crippen molar-refractivity contribution in [2.24, 2.45) is 0 Å². The van der Waals surface area contributed by atoms with Crippen molar-refractivity contribution in [3.05, 3.63) is 30.1 Å². The summed E-state index contributed by atoms with van der Waals surface area (Å²) in [6, 6.07) is 6.12. The van der Waals surface area contributed by atoms with E-state index in [0.717, 1.165) is 12.8 Å². The summed E-state index contributed by atoms with van der Waals surface area (Å²) in [4.78, 5) is 3.96. The van der Waals surface area contributed by atoms with E-state index in [4.69, 9.17) is 10.00 Å². The van der Waals surface area contributed by atoms with Gasteiger partial charge in [-0.2, -0.15) is 5.26 Å². The first-order valence-corrected chi connectivity index (χ1v) is 5.20. The molecule has 1 aromatic heterocycles. The molecule has 0 saturated heterocycles. The molecular weight excluding hydrogens is 188 g/mol. The smallest absolute Gasteiger partial charge is 0.0676 e. The van der Waals surface area contributed by atoms with Crippen LogP contribution in [0.1, 0.15) is 25.3 Å². The first kappa shape index (κ1) is 11.7. The molecule has 80 valence electrons. The van der Waals surface area contributed by atoms with Crippen LogP contribution in [0.25, 0.3) is 0 Å². The van der Waals surface area contributed by atoms with Gasteiger partial charge in [-0.05, 0) is 37.5 Å². The van der Waals surface area contributed by atoms with Crippen LogP contribution in [0.3, 0.4) is 0 Å². The SMILES string of the molecule is CC(CC#N)OCCCc1ccncc1. The van der Waals surface area contributed by atoms with E-state index in [2.05, 4.69) is 11.1 Å². The average Bonchev–Trinajstić information content (AvgIpc) is 2.26. The molecule has 3 nitrogen and oxygen atoms in total. The molecule has 3 heteroatoms. The highest BCUT2D eigenvalue weighted by atomic mass is 16.5. The minimum absolute atomic E-state index is 0.0486. The Labute approximate surface area is 90.7 Å². The molecule has 0 aromatic carbocycles. The van der Waals surface area contributed by atoms with Crippen molar-refractivity contribution in [2.75, 3.05) is 6.61 Å². The lowest BCUT2D eigenvalue weighted by Gasteiger charge is -2.08. The zero-order chi connectivity index (χ0) is 10.9. The highest BCUT2D eigenvalue weighted by molar-refractivity contribution is 5.09. The molecular formula is C12H16N2O. The van der Waals surface area contributed by atoms with E-state index in [1.165, 1.54) is 5.56 Å². The van der Waals surface area contributed by atoms with Crippen molar-refractivity contribution in [3.63, 3.8) is 0 Å². The summed E-state index contributed by atoms with van der Waals surface area (Å²) in [5, 5.41) is 8.43. The molecule has 0 aliphatic carbocycles. The number of aryl methyl sites for hydroxylation is 1. The fourth-order valence-electron chi connectivity index (χ4n) is 1.30. The summed E-state index contributed by atoms with van der Waals surface area (Å²) in [5.41, 5.74) is 1.28. The molecule has 0 radical (unpaired) electrons. The molecule has 0 aliphatic rings. The monoisotopic (exact) mass is 204 g/mol. The minimum Gasteiger partial charge on any atom is -0.377 e. The molecule has 0 N–H and O–H groups in total. The summed E-state index contributed by atoms with van der Waals surface area (Å²) in [7, 11) is 0. The van der Waals surface area contributed by atoms with E-state index in [-0.39, 0.29) is 6.10 Å². The normalized spacial score (nSPS) is 12.0. The first-order valence-electron chi connectivity index (χ1n) is 5.20. The third kappa shape index (κ3) is 5.14. The molecule has 1 heterocycles. The van der Waals surface area contributed by atoms with Crippen molar-refractivity contribution in [1.29, 1.82) is 5.26 Å². The van der Waals surface area contributed by atoms with E-state index >= 15 is 0 Å². The van der Waals surface area contributed by atoms with Crippen LogP contribution >= 0.6 is 0 Å². The quantitative estimate of drug-likeness (QED) is 0.668. The molecule has 0 aliphatic heterocycles. The Balaban J connectivity index is 2.10. The maximum atomic E-state index is 8.43. The molecule has 1 rings (SSSR count). The zero-order valence-electron chi connectivity index (χ0n) is 9.02. The fourth-order valence-corrected chi connectivity index (χ4v) is 1.30. The molecule has 0 saturated carbocycles. The van der Waals surface area contributed by atoms with Crippen molar-refractivity contribution in [2.45, 2.75) is 32.3 Å². The van der Waals surface area contributed by atoms with Gasteiger partial charge in [-0.3, -0.25) is 4.98 Å². The van der Waals surface area contributed by atoms with Crippen molar-refractivity contribution >= 4 is 0 Å². The summed E-state index contributed by atoms with van der Waals surface area (Å²) >= 11 is 0. The Kier molecular flexibility index (Phi) is 5.42. The molecule has 1 aromatic rings. The van der Waals surface area contributed by atoms with Gasteiger partial charge in [0.05, 0.1) is 18.6 Å². The van der Waals surface area contributed by atoms with Gasteiger partial charge in [0.25, 0.3) is 0 Å². The Hall–Kier alpha value is -1.40. The Morgan fingerprint density at radius 3 is 2.87 bits per heavy atom. The lowest BCUT2D eigenvalue weighted by atomic mass is 10.1. The van der Waals surface area contributed by atoms with Gasteiger partial charge in [0, 0.05) is 19.0 Å². The predicted octanol–water partition coefficient (Wildman–Crippen LogP) is 2.33. The average molecular weight is 204 g/mol. The van der Waals surface area contributed by atoms with Crippen LogP contribution < -0.4 is 0 Å². The third-order valence-corrected chi connectivity index (χ3v) is 2.14. The lowest BCUT2D eigenvalue weighted by Crippen LogP contribution is -2.08. The first-order chi connectivity index (χ1) is 7.33. The van der Waals surface area contributed by atoms with Gasteiger partial charge < -0.3 is 4.74 Å². The van der Waals surface area contributed by atoms with Crippen LogP contribution in [-0.2, 0) is 11.2 Å². The number of pyridine rings is 1. The summed E-state index contributed by atoms with van der Waals surface area (Å²) in [5.74, 6) is 0. The molecule has 1 atom stereocenters. The van der Waals surface area contributed by atoms with Crippen LogP contribution in [0, 0.1) is 11.3 Å². The maximum absolute atomic E-state index is 8.43. The van der Waals surface area contributed by atoms with E-state index in [9.17, 15) is 0 Å². The largest absolute Gasteiger partial charge is 0.377 e. The number of nitriles is 1. The Bertz CT molecular complexity index is 305. The van der Waals surface area contributed by atoms with Crippen LogP contribution in [0.4, 0.5) is 0 Å². The number of ether oxygens (including phenoxy) is 1. The van der Waals surface area contributed by atoms with Crippen LogP contribution in [0.2, 0.25) is 0 Å². The highest BCUT2D eigenvalue weighted by Gasteiger charge is 2.00. The van der Waals surface area contributed by atoms with Gasteiger partial charge in [0.15, 0.2) is 0 Å². The van der Waals surface area contributed by atoms with E-state index in [0.29, 0.717) is 13.0 Å². The second kappa shape index (κ2) is 6.97. The molecule has 15 heavy (non-hydrogen) atoms. The van der Waals surface area contributed by atoms with Gasteiger partial charge in [0.1, 0.15) is 0 Å². The van der Waals surface area contributed by atoms with Gasteiger partial charge in [0.2, 0.25) is 0 Å². The van der Waals surface area contributed by atoms with Gasteiger partial charge >= 0.3 is 0 Å². The third-order valence-electron chi connectivity index (χ3n) is 2.14. The molecule has 0 amide bonds. The van der Waals surface area contributed by atoms with Gasteiger partial charge in [-0.15, -0.1) is 0 Å². The number of aromatic nitrogens is 1. The Morgan fingerprint density at radius 2 is 2.20 bits per heavy atom. The maximum Gasteiger partial charge on any atom is 0.0676 e. The second-order valence-electron chi connectivity index (χ2n) is 3.50. The van der Waals surface area contributed by atoms with Crippen molar-refractivity contribution in [1.82, 2.24) is 4.98 Å². The van der Waals surface area contributed by atoms with Crippen molar-refractivity contribution < 1.29 is 4.74 Å². The minimum atomic E-state index is 0.0486. The number of hydrogen-bond acceptors (Lipinski definition) is 3. The van der Waals surface area contributed by atoms with Crippen molar-refractivity contribution in [3.8, 4) is 6.07 Å². The summed E-state index contributed by atoms with van der Waals surface area (Å²) < 4.78 is 5.47. The van der Waals surface area contributed by atoms with E-state index in [1.807, 2.05) is 19.1 Å². The fraction of sp³-hybridized carbons (Fsp3) is 0.500. The number of rotatable bonds is 6. The predicted molar refractivity (Wildman–Crippen MR) is 58.2 cm³/mol. The van der Waals surface area contributed by atoms with Gasteiger partial charge in [-0.25, -0.2) is 0 Å². The Morgan fingerprint density at radius 1 is 1.47 bits per heavy atom. The summed E-state index contributed by atoms with van der Waals surface area (Å²) in [6.45, 7) is 2.64. The molecule has 0 fully saturated rings. The lowest BCUT2D eigenvalue weighted by molar-refractivity contribution is 0.0677. The number of hydrogen-bond donors (Lipinski definition) is 0. The van der Waals surface area contributed by atoms with Crippen LogP contribution in [0.5, 0.6) is 0 Å². The standard InChI is InChI=1S/C12H16N2O/c1-11(4-7-13)15-10-2-3-12-5-8-14-9-6-12/h5-6,8-9,11H,2-4,10H2,1H3. The van der Waals surface area contributed by atoms with E-state index in [1.54, 1.807) is 12.4 Å². The highest BCUT2D eigenvalue weighted by Crippen LogP contribution is 2.03. The molecule has 0 bridgehead atoms. The second-order valence-corrected chi connectivity index (χ2v) is 3.50. The molecule has 0 spiro atoms. The topological polar surface area (TPSA) is 45.9 Å². The van der Waals surface area contributed by atoms with Gasteiger partial charge in [-0.1, -0.05) is 0 Å². The molecule has 1 unspecified atom stereocenters. The zero-order valence-corrected chi connectivity index (χ0v) is 9.02. The number of nitrogens with zero attached hydrogens (tertiary/aromatic N) is 2. The van der Waals surface area contributed by atoms with Crippen LogP contribution in [0.15, 0.2) is 24.5 Å².